The van der Waals surface area contributed by atoms with Crippen molar-refractivity contribution in [3.05, 3.63) is 76.5 Å². The molecular formula is C27H30N6O2. The largest absolute Gasteiger partial charge is 0.335 e. The molecule has 0 aliphatic heterocycles. The molecule has 0 unspecified atom stereocenters. The second kappa shape index (κ2) is 10.2. The lowest BCUT2D eigenvalue weighted by Gasteiger charge is -2.22. The van der Waals surface area contributed by atoms with Crippen LogP contribution in [0, 0.1) is 0 Å². The van der Waals surface area contributed by atoms with Gasteiger partial charge in [-0.2, -0.15) is 5.21 Å². The average Bonchev–Trinajstić information content (AvgIpc) is 3.54. The molecule has 0 amide bonds. The Morgan fingerprint density at radius 2 is 1.77 bits per heavy atom. The van der Waals surface area contributed by atoms with Gasteiger partial charge in [-0.05, 0) is 41.2 Å². The van der Waals surface area contributed by atoms with Crippen molar-refractivity contribution in [1.82, 2.24) is 29.8 Å². The van der Waals surface area contributed by atoms with Gasteiger partial charge in [-0.15, -0.1) is 10.2 Å². The van der Waals surface area contributed by atoms with Crippen molar-refractivity contribution in [2.45, 2.75) is 64.3 Å². The van der Waals surface area contributed by atoms with E-state index in [1.54, 1.807) is 0 Å². The van der Waals surface area contributed by atoms with Gasteiger partial charge in [-0.1, -0.05) is 74.7 Å². The van der Waals surface area contributed by atoms with Gasteiger partial charge in [0.2, 0.25) is 11.7 Å². The Kier molecular flexibility index (Phi) is 6.70. The van der Waals surface area contributed by atoms with E-state index in [0.717, 1.165) is 47.2 Å². The number of hydrogen-bond donors (Lipinski definition) is 1. The van der Waals surface area contributed by atoms with Gasteiger partial charge in [0.15, 0.2) is 0 Å². The second-order valence-electron chi connectivity index (χ2n) is 9.25. The summed E-state index contributed by atoms with van der Waals surface area (Å²) in [4.78, 5) is 25.9. The van der Waals surface area contributed by atoms with Crippen molar-refractivity contribution < 1.29 is 4.79 Å². The number of tetrazole rings is 1. The van der Waals surface area contributed by atoms with Crippen molar-refractivity contribution in [3.63, 3.8) is 0 Å². The molecule has 35 heavy (non-hydrogen) atoms. The predicted molar refractivity (Wildman–Crippen MR) is 134 cm³/mol. The summed E-state index contributed by atoms with van der Waals surface area (Å²) in [5.41, 5.74) is 4.73. The third-order valence-electron chi connectivity index (χ3n) is 6.88. The quantitative estimate of drug-likeness (QED) is 0.408. The van der Waals surface area contributed by atoms with Crippen LogP contribution < -0.4 is 5.69 Å². The normalized spacial score (nSPS) is 14.3. The van der Waals surface area contributed by atoms with Crippen LogP contribution in [0.1, 0.15) is 73.8 Å². The molecule has 1 saturated carbocycles. The highest BCUT2D eigenvalue weighted by Crippen LogP contribution is 2.33. The molecule has 0 bridgehead atoms. The standard InChI is InChI=1S/C27H30N6O2/c1-2-8-25(34)33-18-24(21-9-4-3-5-10-21)32(27(33)35)17-19-13-15-20(16-14-19)22-11-6-7-12-23(22)26-28-30-31-29-26/h6-7,11-16,18,21H,2-5,8-10,17H2,1H3,(H,28,29,30,31). The van der Waals surface area contributed by atoms with Crippen LogP contribution in [-0.4, -0.2) is 35.7 Å². The molecule has 0 saturated heterocycles. The number of nitrogens with zero attached hydrogens (tertiary/aromatic N) is 5. The Morgan fingerprint density at radius 1 is 1.03 bits per heavy atom. The van der Waals surface area contributed by atoms with Crippen LogP contribution in [0.3, 0.4) is 0 Å². The first-order valence-corrected chi connectivity index (χ1v) is 12.4. The van der Waals surface area contributed by atoms with Gasteiger partial charge in [-0.3, -0.25) is 9.36 Å². The second-order valence-corrected chi connectivity index (χ2v) is 9.25. The number of benzene rings is 2. The Hall–Kier alpha value is -3.81. The highest BCUT2D eigenvalue weighted by molar-refractivity contribution is 5.80. The number of hydrogen-bond acceptors (Lipinski definition) is 5. The summed E-state index contributed by atoms with van der Waals surface area (Å²) in [5.74, 6) is 0.751. The minimum Gasteiger partial charge on any atom is -0.291 e. The molecule has 1 fully saturated rings. The molecule has 0 atom stereocenters. The number of carbonyl (C=O) groups is 1. The SMILES string of the molecule is CCCC(=O)n1cc(C2CCCCC2)n(Cc2ccc(-c3ccccc3-c3nn[nH]n3)cc2)c1=O. The smallest absolute Gasteiger partial charge is 0.291 e. The third kappa shape index (κ3) is 4.73. The summed E-state index contributed by atoms with van der Waals surface area (Å²) in [6, 6.07) is 16.1. The summed E-state index contributed by atoms with van der Waals surface area (Å²) >= 11 is 0. The fourth-order valence-electron chi connectivity index (χ4n) is 5.07. The number of rotatable bonds is 7. The zero-order valence-electron chi connectivity index (χ0n) is 20.0. The highest BCUT2D eigenvalue weighted by atomic mass is 16.2. The van der Waals surface area contributed by atoms with E-state index in [1.807, 2.05) is 54.1 Å². The van der Waals surface area contributed by atoms with Crippen molar-refractivity contribution in [2.75, 3.05) is 0 Å². The Balaban J connectivity index is 1.46. The number of H-pyrrole nitrogens is 1. The summed E-state index contributed by atoms with van der Waals surface area (Å²) in [7, 11) is 0. The van der Waals surface area contributed by atoms with Gasteiger partial charge in [-0.25, -0.2) is 9.36 Å². The van der Waals surface area contributed by atoms with Gasteiger partial charge < -0.3 is 0 Å². The van der Waals surface area contributed by atoms with Crippen molar-refractivity contribution in [2.24, 2.45) is 0 Å². The third-order valence-corrected chi connectivity index (χ3v) is 6.88. The lowest BCUT2D eigenvalue weighted by atomic mass is 9.87. The van der Waals surface area contributed by atoms with Gasteiger partial charge in [0.1, 0.15) is 0 Å². The molecular weight excluding hydrogens is 440 g/mol. The van der Waals surface area contributed by atoms with Crippen LogP contribution in [0.4, 0.5) is 0 Å². The van der Waals surface area contributed by atoms with Crippen LogP contribution >= 0.6 is 0 Å². The summed E-state index contributed by atoms with van der Waals surface area (Å²) in [5, 5.41) is 14.4. The van der Waals surface area contributed by atoms with E-state index >= 15 is 0 Å². The molecule has 5 rings (SSSR count). The Bertz CT molecular complexity index is 1350. The van der Waals surface area contributed by atoms with E-state index in [2.05, 4.69) is 32.8 Å². The van der Waals surface area contributed by atoms with E-state index < -0.39 is 0 Å². The molecule has 1 aliphatic rings. The topological polar surface area (TPSA) is 98.5 Å². The minimum atomic E-state index is -0.226. The summed E-state index contributed by atoms with van der Waals surface area (Å²) < 4.78 is 3.15. The van der Waals surface area contributed by atoms with E-state index in [9.17, 15) is 9.59 Å². The highest BCUT2D eigenvalue weighted by Gasteiger charge is 2.24. The maximum absolute atomic E-state index is 13.3. The summed E-state index contributed by atoms with van der Waals surface area (Å²) in [6.07, 6.45) is 8.62. The summed E-state index contributed by atoms with van der Waals surface area (Å²) in [6.45, 7) is 2.41. The van der Waals surface area contributed by atoms with Gasteiger partial charge in [0, 0.05) is 29.8 Å². The number of carbonyl (C=O) groups excluding carboxylic acids is 1. The predicted octanol–water partition coefficient (Wildman–Crippen LogP) is 5.03. The maximum atomic E-state index is 13.3. The number of aromatic amines is 1. The number of aromatic nitrogens is 6. The first-order chi connectivity index (χ1) is 17.2. The molecule has 2 aromatic carbocycles. The molecule has 2 heterocycles. The minimum absolute atomic E-state index is 0.123. The molecule has 180 valence electrons. The molecule has 2 aromatic heterocycles. The van der Waals surface area contributed by atoms with E-state index in [4.69, 9.17) is 0 Å². The van der Waals surface area contributed by atoms with E-state index in [-0.39, 0.29) is 11.6 Å². The lowest BCUT2D eigenvalue weighted by Crippen LogP contribution is -2.29. The molecule has 8 heteroatoms. The van der Waals surface area contributed by atoms with Crippen molar-refractivity contribution >= 4 is 5.91 Å². The van der Waals surface area contributed by atoms with Crippen LogP contribution in [0.15, 0.2) is 59.5 Å². The fraction of sp³-hybridized carbons (Fsp3) is 0.370. The van der Waals surface area contributed by atoms with Crippen LogP contribution in [0.5, 0.6) is 0 Å². The fourth-order valence-corrected chi connectivity index (χ4v) is 5.07. The number of nitrogens with one attached hydrogen (secondary N) is 1. The molecule has 8 nitrogen and oxygen atoms in total. The zero-order valence-corrected chi connectivity index (χ0v) is 20.0. The van der Waals surface area contributed by atoms with Crippen LogP contribution in [0.25, 0.3) is 22.5 Å². The molecule has 4 aromatic rings. The van der Waals surface area contributed by atoms with Gasteiger partial charge in [0.25, 0.3) is 0 Å². The average molecular weight is 471 g/mol. The lowest BCUT2D eigenvalue weighted by molar-refractivity contribution is 0.0897. The molecule has 1 N–H and O–H groups in total. The Morgan fingerprint density at radius 3 is 2.46 bits per heavy atom. The van der Waals surface area contributed by atoms with Crippen LogP contribution in [-0.2, 0) is 6.54 Å². The zero-order chi connectivity index (χ0) is 24.2. The van der Waals surface area contributed by atoms with Gasteiger partial charge in [0.05, 0.1) is 6.54 Å². The Labute approximate surface area is 204 Å². The molecule has 1 aliphatic carbocycles. The van der Waals surface area contributed by atoms with E-state index in [1.165, 1.54) is 23.8 Å². The van der Waals surface area contributed by atoms with E-state index in [0.29, 0.717) is 24.7 Å². The number of imidazole rings is 1. The first-order valence-electron chi connectivity index (χ1n) is 12.4. The first kappa shape index (κ1) is 23.0. The van der Waals surface area contributed by atoms with Gasteiger partial charge >= 0.3 is 5.69 Å². The monoisotopic (exact) mass is 470 g/mol. The molecule has 0 spiro atoms. The maximum Gasteiger partial charge on any atom is 0.335 e. The van der Waals surface area contributed by atoms with Crippen molar-refractivity contribution in [1.29, 1.82) is 0 Å². The van der Waals surface area contributed by atoms with Crippen LogP contribution in [0.2, 0.25) is 0 Å². The molecule has 0 radical (unpaired) electrons. The van der Waals surface area contributed by atoms with Crippen molar-refractivity contribution in [3.8, 4) is 22.5 Å².